The first-order chi connectivity index (χ1) is 10.1. The van der Waals surface area contributed by atoms with E-state index < -0.39 is 12.1 Å². The van der Waals surface area contributed by atoms with Crippen molar-refractivity contribution < 1.29 is 14.3 Å². The van der Waals surface area contributed by atoms with E-state index in [0.717, 1.165) is 0 Å². The Kier molecular flexibility index (Phi) is 6.23. The Hall–Kier alpha value is -1.75. The van der Waals surface area contributed by atoms with Crippen LogP contribution in [0.2, 0.25) is 5.02 Å². The van der Waals surface area contributed by atoms with Crippen molar-refractivity contribution in [2.24, 2.45) is 0 Å². The van der Waals surface area contributed by atoms with Crippen LogP contribution in [0.5, 0.6) is 0 Å². The number of benzene rings is 1. The number of esters is 1. The van der Waals surface area contributed by atoms with Crippen LogP contribution in [0.1, 0.15) is 45.0 Å². The summed E-state index contributed by atoms with van der Waals surface area (Å²) in [6.45, 7) is 9.26. The maximum atomic E-state index is 12.4. The van der Waals surface area contributed by atoms with Crippen molar-refractivity contribution in [2.75, 3.05) is 5.73 Å². The summed E-state index contributed by atoms with van der Waals surface area (Å²) in [6, 6.07) is 4.53. The summed E-state index contributed by atoms with van der Waals surface area (Å²) in [4.78, 5) is 26.2. The third kappa shape index (κ3) is 4.37. The number of carbonyl (C=O) groups excluding carboxylic acids is 2. The van der Waals surface area contributed by atoms with Crippen molar-refractivity contribution in [3.63, 3.8) is 0 Å². The van der Waals surface area contributed by atoms with E-state index in [9.17, 15) is 9.59 Å². The number of rotatable bonds is 5. The van der Waals surface area contributed by atoms with Gasteiger partial charge < -0.3 is 15.4 Å². The molecule has 1 unspecified atom stereocenters. The fourth-order valence-electron chi connectivity index (χ4n) is 2.26. The number of nitrogen functional groups attached to an aromatic ring is 1. The fraction of sp³-hybridized carbons (Fsp3) is 0.500. The Balaban J connectivity index is 2.82. The first-order valence-corrected chi connectivity index (χ1v) is 7.61. The van der Waals surface area contributed by atoms with E-state index in [2.05, 4.69) is 0 Å². The quantitative estimate of drug-likeness (QED) is 0.666. The second kappa shape index (κ2) is 7.49. The molecular weight excluding hydrogens is 304 g/mol. The topological polar surface area (TPSA) is 72.6 Å². The van der Waals surface area contributed by atoms with Gasteiger partial charge >= 0.3 is 5.97 Å². The minimum absolute atomic E-state index is 0.0276. The molecule has 0 fully saturated rings. The van der Waals surface area contributed by atoms with Crippen LogP contribution in [-0.4, -0.2) is 35.0 Å². The number of nitrogens with two attached hydrogens (primary N) is 1. The summed E-state index contributed by atoms with van der Waals surface area (Å²) in [7, 11) is 0. The van der Waals surface area contributed by atoms with Crippen LogP contribution in [0.15, 0.2) is 18.2 Å². The van der Waals surface area contributed by atoms with Crippen LogP contribution in [0.25, 0.3) is 0 Å². The molecule has 0 saturated carbocycles. The van der Waals surface area contributed by atoms with Crippen molar-refractivity contribution in [3.05, 3.63) is 28.8 Å². The van der Waals surface area contributed by atoms with Crippen molar-refractivity contribution in [3.8, 4) is 0 Å². The number of halogens is 1. The molecule has 0 heterocycles. The van der Waals surface area contributed by atoms with Crippen LogP contribution >= 0.6 is 11.6 Å². The SMILES string of the molecule is CC(OC(=O)c1ccc(Cl)c(N)c1)C(=O)N(C(C)C)C(C)C. The second-order valence-corrected chi connectivity index (χ2v) is 6.12. The van der Waals surface area contributed by atoms with Gasteiger partial charge in [0.1, 0.15) is 0 Å². The molecular formula is C16H23ClN2O3. The number of anilines is 1. The molecule has 0 aromatic heterocycles. The lowest BCUT2D eigenvalue weighted by atomic mass is 10.2. The number of hydrogen-bond acceptors (Lipinski definition) is 4. The number of amides is 1. The molecule has 0 spiro atoms. The smallest absolute Gasteiger partial charge is 0.338 e. The van der Waals surface area contributed by atoms with Gasteiger partial charge in [0.05, 0.1) is 16.3 Å². The summed E-state index contributed by atoms with van der Waals surface area (Å²) in [5.41, 5.74) is 6.22. The largest absolute Gasteiger partial charge is 0.449 e. The molecule has 1 aromatic carbocycles. The number of hydrogen-bond donors (Lipinski definition) is 1. The lowest BCUT2D eigenvalue weighted by molar-refractivity contribution is -0.143. The van der Waals surface area contributed by atoms with Crippen LogP contribution in [-0.2, 0) is 9.53 Å². The van der Waals surface area contributed by atoms with E-state index in [4.69, 9.17) is 22.1 Å². The molecule has 1 atom stereocenters. The summed E-state index contributed by atoms with van der Waals surface area (Å²) in [5, 5.41) is 0.367. The minimum Gasteiger partial charge on any atom is -0.449 e. The van der Waals surface area contributed by atoms with E-state index in [-0.39, 0.29) is 23.6 Å². The Bertz CT molecular complexity index is 550. The predicted molar refractivity (Wildman–Crippen MR) is 87.9 cm³/mol. The van der Waals surface area contributed by atoms with Gasteiger partial charge in [0, 0.05) is 12.1 Å². The molecule has 1 aromatic rings. The molecule has 2 N–H and O–H groups in total. The van der Waals surface area contributed by atoms with Crippen molar-refractivity contribution in [2.45, 2.75) is 52.8 Å². The van der Waals surface area contributed by atoms with E-state index >= 15 is 0 Å². The molecule has 5 nitrogen and oxygen atoms in total. The van der Waals surface area contributed by atoms with Crippen molar-refractivity contribution in [1.82, 2.24) is 4.90 Å². The van der Waals surface area contributed by atoms with E-state index in [1.165, 1.54) is 18.2 Å². The zero-order chi connectivity index (χ0) is 17.0. The average Bonchev–Trinajstić information content (AvgIpc) is 2.40. The molecule has 1 rings (SSSR count). The average molecular weight is 327 g/mol. The molecule has 122 valence electrons. The Morgan fingerprint density at radius 2 is 1.68 bits per heavy atom. The standard InChI is InChI=1S/C16H23ClN2O3/c1-9(2)19(10(3)4)15(20)11(5)22-16(21)12-6-7-13(17)14(18)8-12/h6-11H,18H2,1-5H3. The molecule has 1 amide bonds. The van der Waals surface area contributed by atoms with Crippen molar-refractivity contribution in [1.29, 1.82) is 0 Å². The maximum Gasteiger partial charge on any atom is 0.338 e. The Morgan fingerprint density at radius 1 is 1.14 bits per heavy atom. The molecule has 0 aliphatic heterocycles. The summed E-state index contributed by atoms with van der Waals surface area (Å²) < 4.78 is 5.25. The Morgan fingerprint density at radius 3 is 2.14 bits per heavy atom. The first-order valence-electron chi connectivity index (χ1n) is 7.23. The highest BCUT2D eigenvalue weighted by molar-refractivity contribution is 6.33. The van der Waals surface area contributed by atoms with Gasteiger partial charge in [-0.25, -0.2) is 4.79 Å². The third-order valence-corrected chi connectivity index (χ3v) is 3.57. The molecule has 0 saturated heterocycles. The highest BCUT2D eigenvalue weighted by Crippen LogP contribution is 2.20. The zero-order valence-corrected chi connectivity index (χ0v) is 14.3. The first kappa shape index (κ1) is 18.3. The maximum absolute atomic E-state index is 12.4. The molecule has 6 heteroatoms. The van der Waals surface area contributed by atoms with Gasteiger partial charge in [0.25, 0.3) is 5.91 Å². The van der Waals surface area contributed by atoms with Gasteiger partial charge in [-0.1, -0.05) is 11.6 Å². The number of carbonyl (C=O) groups is 2. The predicted octanol–water partition coefficient (Wildman–Crippen LogP) is 3.11. The van der Waals surface area contributed by atoms with Gasteiger partial charge in [0.2, 0.25) is 0 Å². The fourth-order valence-corrected chi connectivity index (χ4v) is 2.38. The van der Waals surface area contributed by atoms with E-state index in [0.29, 0.717) is 10.7 Å². The van der Waals surface area contributed by atoms with Crippen LogP contribution in [0, 0.1) is 0 Å². The van der Waals surface area contributed by atoms with E-state index in [1.54, 1.807) is 11.8 Å². The summed E-state index contributed by atoms with van der Waals surface area (Å²) >= 11 is 5.81. The second-order valence-electron chi connectivity index (χ2n) is 5.72. The van der Waals surface area contributed by atoms with Gasteiger partial charge in [-0.2, -0.15) is 0 Å². The monoisotopic (exact) mass is 326 g/mol. The number of ether oxygens (including phenoxy) is 1. The van der Waals surface area contributed by atoms with E-state index in [1.807, 2.05) is 27.7 Å². The number of nitrogens with zero attached hydrogens (tertiary/aromatic N) is 1. The minimum atomic E-state index is -0.866. The van der Waals surface area contributed by atoms with Gasteiger partial charge in [-0.05, 0) is 52.8 Å². The molecule has 0 aliphatic rings. The third-order valence-electron chi connectivity index (χ3n) is 3.23. The molecule has 0 bridgehead atoms. The zero-order valence-electron chi connectivity index (χ0n) is 13.6. The summed E-state index contributed by atoms with van der Waals surface area (Å²) in [6.07, 6.45) is -0.866. The van der Waals surface area contributed by atoms with Crippen LogP contribution in [0.3, 0.4) is 0 Å². The lowest BCUT2D eigenvalue weighted by Gasteiger charge is -2.32. The molecule has 0 aliphatic carbocycles. The highest BCUT2D eigenvalue weighted by Gasteiger charge is 2.28. The molecule has 22 heavy (non-hydrogen) atoms. The normalized spacial score (nSPS) is 12.4. The molecule has 0 radical (unpaired) electrons. The van der Waals surface area contributed by atoms with Crippen LogP contribution in [0.4, 0.5) is 5.69 Å². The van der Waals surface area contributed by atoms with Crippen molar-refractivity contribution >= 4 is 29.2 Å². The van der Waals surface area contributed by atoms with Crippen LogP contribution < -0.4 is 5.73 Å². The van der Waals surface area contributed by atoms with Gasteiger partial charge in [0.15, 0.2) is 6.10 Å². The van der Waals surface area contributed by atoms with Gasteiger partial charge in [-0.3, -0.25) is 4.79 Å². The van der Waals surface area contributed by atoms with Gasteiger partial charge in [-0.15, -0.1) is 0 Å². The highest BCUT2D eigenvalue weighted by atomic mass is 35.5. The Labute approximate surface area is 136 Å². The summed E-state index contributed by atoms with van der Waals surface area (Å²) in [5.74, 6) is -0.822. The lowest BCUT2D eigenvalue weighted by Crippen LogP contribution is -2.47.